The molecule has 0 unspecified atom stereocenters. The SMILES string of the molecule is Cc1ccc(NC(=O)C(F)(F)C(F)(F)C(F)(F)C(F)(F)F)c(NC(=O)C(F)(F)C(F)(F)C(F)(F)C(F)(F)F)c1. The first-order valence-corrected chi connectivity index (χ1v) is 9.05. The van der Waals surface area contributed by atoms with Crippen LogP contribution in [0.1, 0.15) is 5.56 Å². The highest BCUT2D eigenvalue weighted by Gasteiger charge is 2.85. The van der Waals surface area contributed by atoms with Crippen LogP contribution < -0.4 is 10.6 Å². The number of amides is 2. The highest BCUT2D eigenvalue weighted by molar-refractivity contribution is 6.04. The summed E-state index contributed by atoms with van der Waals surface area (Å²) in [7, 11) is 0. The molecule has 0 spiro atoms. The first-order valence-electron chi connectivity index (χ1n) is 9.05. The summed E-state index contributed by atoms with van der Waals surface area (Å²) in [5.74, 6) is -51.6. The van der Waals surface area contributed by atoms with E-state index in [-0.39, 0.29) is 17.7 Å². The molecular formula is C17H8F18N2O2. The molecule has 0 fully saturated rings. The fourth-order valence-corrected chi connectivity index (χ4v) is 2.31. The fourth-order valence-electron chi connectivity index (χ4n) is 2.31. The van der Waals surface area contributed by atoms with Crippen LogP contribution in [0.25, 0.3) is 0 Å². The molecule has 0 saturated carbocycles. The van der Waals surface area contributed by atoms with E-state index >= 15 is 0 Å². The molecule has 1 rings (SSSR count). The minimum Gasteiger partial charge on any atom is -0.319 e. The third-order valence-electron chi connectivity index (χ3n) is 4.53. The van der Waals surface area contributed by atoms with Gasteiger partial charge in [-0.1, -0.05) is 6.07 Å². The lowest BCUT2D eigenvalue weighted by atomic mass is 10.0. The summed E-state index contributed by atoms with van der Waals surface area (Å²) in [6, 6.07) is 0.959. The van der Waals surface area contributed by atoms with Crippen molar-refractivity contribution in [1.82, 2.24) is 0 Å². The van der Waals surface area contributed by atoms with Crippen LogP contribution in [0.2, 0.25) is 0 Å². The number of benzene rings is 1. The number of halogens is 18. The van der Waals surface area contributed by atoms with Crippen LogP contribution in [-0.4, -0.2) is 59.7 Å². The molecule has 0 radical (unpaired) electrons. The third kappa shape index (κ3) is 5.37. The zero-order valence-corrected chi connectivity index (χ0v) is 17.9. The molecule has 0 saturated heterocycles. The third-order valence-corrected chi connectivity index (χ3v) is 4.53. The average molecular weight is 614 g/mol. The maximum absolute atomic E-state index is 13.8. The predicted octanol–water partition coefficient (Wildman–Crippen LogP) is 6.81. The number of rotatable bonds is 8. The highest BCUT2D eigenvalue weighted by atomic mass is 19.4. The summed E-state index contributed by atoms with van der Waals surface area (Å²) >= 11 is 0. The van der Waals surface area contributed by atoms with Gasteiger partial charge >= 0.3 is 59.7 Å². The van der Waals surface area contributed by atoms with Gasteiger partial charge in [0.05, 0.1) is 11.4 Å². The molecule has 0 aliphatic carbocycles. The number of anilines is 2. The van der Waals surface area contributed by atoms with Crippen molar-refractivity contribution >= 4 is 23.2 Å². The van der Waals surface area contributed by atoms with E-state index < -0.39 is 71.1 Å². The zero-order valence-electron chi connectivity index (χ0n) is 17.9. The Kier molecular flexibility index (Phi) is 8.28. The summed E-state index contributed by atoms with van der Waals surface area (Å²) in [6.07, 6.45) is -14.7. The van der Waals surface area contributed by atoms with Gasteiger partial charge in [-0.3, -0.25) is 9.59 Å². The van der Waals surface area contributed by atoms with E-state index in [2.05, 4.69) is 0 Å². The van der Waals surface area contributed by atoms with Crippen molar-refractivity contribution in [2.75, 3.05) is 10.6 Å². The summed E-state index contributed by atoms with van der Waals surface area (Å²) in [5.41, 5.74) is -3.74. The van der Waals surface area contributed by atoms with Gasteiger partial charge in [0.1, 0.15) is 0 Å². The molecule has 39 heavy (non-hydrogen) atoms. The second-order valence-corrected chi connectivity index (χ2v) is 7.40. The number of alkyl halides is 18. The van der Waals surface area contributed by atoms with E-state index in [4.69, 9.17) is 0 Å². The van der Waals surface area contributed by atoms with E-state index in [9.17, 15) is 88.6 Å². The first kappa shape index (κ1) is 33.9. The van der Waals surface area contributed by atoms with Gasteiger partial charge in [-0.25, -0.2) is 0 Å². The van der Waals surface area contributed by atoms with Crippen molar-refractivity contribution in [2.24, 2.45) is 0 Å². The Labute approximate surface area is 202 Å². The predicted molar refractivity (Wildman–Crippen MR) is 90.2 cm³/mol. The largest absolute Gasteiger partial charge is 0.460 e. The Balaban J connectivity index is 3.47. The van der Waals surface area contributed by atoms with E-state index in [1.165, 1.54) is 0 Å². The summed E-state index contributed by atoms with van der Waals surface area (Å²) in [4.78, 5) is 23.1. The molecule has 2 N–H and O–H groups in total. The lowest BCUT2D eigenvalue weighted by Crippen LogP contribution is -2.64. The van der Waals surface area contributed by atoms with E-state index in [0.29, 0.717) is 16.7 Å². The van der Waals surface area contributed by atoms with Crippen LogP contribution in [0.5, 0.6) is 0 Å². The van der Waals surface area contributed by atoms with E-state index in [0.717, 1.165) is 6.92 Å². The van der Waals surface area contributed by atoms with Crippen LogP contribution >= 0.6 is 0 Å². The lowest BCUT2D eigenvalue weighted by Gasteiger charge is -2.33. The number of carbonyl (C=O) groups is 2. The van der Waals surface area contributed by atoms with Crippen molar-refractivity contribution in [3.8, 4) is 0 Å². The van der Waals surface area contributed by atoms with Gasteiger partial charge in [0.25, 0.3) is 0 Å². The highest BCUT2D eigenvalue weighted by Crippen LogP contribution is 2.54. The van der Waals surface area contributed by atoms with Gasteiger partial charge in [-0.2, -0.15) is 79.0 Å². The second-order valence-electron chi connectivity index (χ2n) is 7.40. The smallest absolute Gasteiger partial charge is 0.319 e. The van der Waals surface area contributed by atoms with Crippen molar-refractivity contribution in [3.63, 3.8) is 0 Å². The van der Waals surface area contributed by atoms with Crippen LogP contribution in [0.4, 0.5) is 90.4 Å². The molecule has 2 amide bonds. The molecule has 4 nitrogen and oxygen atoms in total. The van der Waals surface area contributed by atoms with Gasteiger partial charge in [0, 0.05) is 0 Å². The van der Waals surface area contributed by atoms with Crippen LogP contribution in [0.3, 0.4) is 0 Å². The number of nitrogens with one attached hydrogen (secondary N) is 2. The summed E-state index contributed by atoms with van der Waals surface area (Å²) < 4.78 is 233. The molecule has 0 atom stereocenters. The lowest BCUT2D eigenvalue weighted by molar-refractivity contribution is -0.388. The molecule has 0 aromatic heterocycles. The van der Waals surface area contributed by atoms with Gasteiger partial charge in [-0.15, -0.1) is 0 Å². The molecule has 0 aliphatic rings. The fraction of sp³-hybridized carbons (Fsp3) is 0.529. The first-order chi connectivity index (χ1) is 16.9. The topological polar surface area (TPSA) is 58.2 Å². The molecule has 0 heterocycles. The summed E-state index contributed by atoms with van der Waals surface area (Å²) in [5, 5.41) is 1.04. The molecule has 0 aliphatic heterocycles. The molecule has 0 bridgehead atoms. The van der Waals surface area contributed by atoms with Crippen molar-refractivity contribution in [2.45, 2.75) is 54.8 Å². The van der Waals surface area contributed by atoms with E-state index in [1.807, 2.05) is 0 Å². The Bertz CT molecular complexity index is 1110. The second kappa shape index (κ2) is 9.52. The maximum Gasteiger partial charge on any atom is 0.460 e. The number of hydrogen-bond donors (Lipinski definition) is 2. The zero-order chi connectivity index (χ0) is 31.4. The van der Waals surface area contributed by atoms with Crippen molar-refractivity contribution in [3.05, 3.63) is 23.8 Å². The van der Waals surface area contributed by atoms with Gasteiger partial charge in [0.15, 0.2) is 0 Å². The Morgan fingerprint density at radius 1 is 0.513 bits per heavy atom. The monoisotopic (exact) mass is 614 g/mol. The van der Waals surface area contributed by atoms with Gasteiger partial charge in [0.2, 0.25) is 0 Å². The van der Waals surface area contributed by atoms with Gasteiger partial charge in [-0.05, 0) is 24.6 Å². The molecule has 1 aromatic carbocycles. The molecule has 1 aromatic rings. The number of aryl methyl sites for hydroxylation is 1. The van der Waals surface area contributed by atoms with Crippen molar-refractivity contribution < 1.29 is 88.6 Å². The van der Waals surface area contributed by atoms with Crippen molar-refractivity contribution in [1.29, 1.82) is 0 Å². The quantitative estimate of drug-likeness (QED) is 0.317. The molecule has 224 valence electrons. The Morgan fingerprint density at radius 3 is 1.13 bits per heavy atom. The number of hydrogen-bond acceptors (Lipinski definition) is 2. The molecular weight excluding hydrogens is 606 g/mol. The van der Waals surface area contributed by atoms with E-state index in [1.54, 1.807) is 0 Å². The van der Waals surface area contributed by atoms with Crippen LogP contribution in [0.15, 0.2) is 18.2 Å². The Morgan fingerprint density at radius 2 is 0.821 bits per heavy atom. The maximum atomic E-state index is 13.8. The van der Waals surface area contributed by atoms with Gasteiger partial charge < -0.3 is 10.6 Å². The standard InChI is InChI=1S/C17H8F18N2O2/c1-5-2-3-6(36-8(38)10(18,19)12(22,23)14(26,27)16(30,31)32)7(4-5)37-9(39)11(20,21)13(24,25)15(28,29)17(33,34)35/h2-4H,1H3,(H,36,38)(H,37,39). The average Bonchev–Trinajstić information content (AvgIpc) is 2.73. The minimum atomic E-state index is -7.57. The Hall–Kier alpha value is -3.10. The normalized spacial score (nSPS) is 14.7. The number of carbonyl (C=O) groups excluding carboxylic acids is 2. The molecule has 22 heteroatoms. The summed E-state index contributed by atoms with van der Waals surface area (Å²) in [6.45, 7) is 0.901. The van der Waals surface area contributed by atoms with Crippen LogP contribution in [-0.2, 0) is 9.59 Å². The minimum absolute atomic E-state index is 0.152. The van der Waals surface area contributed by atoms with Crippen LogP contribution in [0, 0.1) is 6.92 Å².